The summed E-state index contributed by atoms with van der Waals surface area (Å²) in [5.41, 5.74) is 1.06. The Labute approximate surface area is 57.3 Å². The van der Waals surface area contributed by atoms with Gasteiger partial charge in [-0.2, -0.15) is 0 Å². The maximum absolute atomic E-state index is 7.21. The van der Waals surface area contributed by atoms with E-state index >= 15 is 0 Å². The van der Waals surface area contributed by atoms with Gasteiger partial charge in [0.25, 0.3) is 0 Å². The number of oxime groups is 1. The van der Waals surface area contributed by atoms with Gasteiger partial charge in [-0.3, -0.25) is 0 Å². The number of hydrogen-bond donors (Lipinski definition) is 0. The standard InChI is InChI=1S/C7H13NO/c1-7(2,3)6-4-5-9-8-6/h4-5H2,1-3H3/i5D/t5-/m1/s1. The highest BCUT2D eigenvalue weighted by atomic mass is 16.6. The van der Waals surface area contributed by atoms with Crippen molar-refractivity contribution in [2.75, 3.05) is 6.58 Å². The fourth-order valence-electron chi connectivity index (χ4n) is 0.697. The largest absolute Gasteiger partial charge is 0.395 e. The van der Waals surface area contributed by atoms with E-state index in [1.165, 1.54) is 0 Å². The molecule has 2 heteroatoms. The Hall–Kier alpha value is -0.530. The van der Waals surface area contributed by atoms with Crippen LogP contribution in [-0.4, -0.2) is 12.3 Å². The minimum absolute atomic E-state index is 0.0653. The molecule has 0 saturated carbocycles. The average molecular weight is 128 g/mol. The Bertz CT molecular complexity index is 159. The molecule has 0 aliphatic carbocycles. The molecule has 1 aliphatic heterocycles. The van der Waals surface area contributed by atoms with Gasteiger partial charge >= 0.3 is 0 Å². The quantitative estimate of drug-likeness (QED) is 0.487. The molecule has 0 fully saturated rings. The van der Waals surface area contributed by atoms with Crippen LogP contribution >= 0.6 is 0 Å². The lowest BCUT2D eigenvalue weighted by atomic mass is 9.89. The van der Waals surface area contributed by atoms with Crippen LogP contribution in [-0.2, 0) is 4.84 Å². The topological polar surface area (TPSA) is 21.6 Å². The summed E-state index contributed by atoms with van der Waals surface area (Å²) in [4.78, 5) is 4.75. The summed E-state index contributed by atoms with van der Waals surface area (Å²) < 4.78 is 7.21. The molecule has 0 unspecified atom stereocenters. The summed E-state index contributed by atoms with van der Waals surface area (Å²) in [5.74, 6) is 0. The second kappa shape index (κ2) is 2.01. The van der Waals surface area contributed by atoms with Gasteiger partial charge in [-0.25, -0.2) is 0 Å². The Kier molecular flexibility index (Phi) is 1.18. The zero-order chi connectivity index (χ0) is 7.78. The van der Waals surface area contributed by atoms with Crippen LogP contribution < -0.4 is 0 Å². The predicted octanol–water partition coefficient (Wildman–Crippen LogP) is 1.81. The zero-order valence-corrected chi connectivity index (χ0v) is 6.14. The second-order valence-corrected chi connectivity index (χ2v) is 3.26. The maximum atomic E-state index is 7.21. The van der Waals surface area contributed by atoms with Crippen LogP contribution in [0, 0.1) is 5.41 Å². The van der Waals surface area contributed by atoms with Crippen molar-refractivity contribution in [1.82, 2.24) is 0 Å². The van der Waals surface area contributed by atoms with Crippen molar-refractivity contribution in [1.29, 1.82) is 0 Å². The normalized spacial score (nSPS) is 29.0. The molecule has 0 spiro atoms. The van der Waals surface area contributed by atoms with Crippen LogP contribution in [0.2, 0.25) is 0 Å². The van der Waals surface area contributed by atoms with Gasteiger partial charge in [0.1, 0.15) is 6.58 Å². The molecule has 0 aromatic rings. The summed E-state index contributed by atoms with van der Waals surface area (Å²) in [7, 11) is 0. The summed E-state index contributed by atoms with van der Waals surface area (Å²) in [6.45, 7) is 5.77. The van der Waals surface area contributed by atoms with Crippen molar-refractivity contribution in [3.8, 4) is 0 Å². The molecule has 0 saturated heterocycles. The van der Waals surface area contributed by atoms with Gasteiger partial charge in [0, 0.05) is 11.8 Å². The van der Waals surface area contributed by atoms with E-state index in [1.54, 1.807) is 0 Å². The van der Waals surface area contributed by atoms with Crippen LogP contribution in [0.5, 0.6) is 0 Å². The Morgan fingerprint density at radius 2 is 2.33 bits per heavy atom. The van der Waals surface area contributed by atoms with Crippen molar-refractivity contribution >= 4 is 5.71 Å². The first kappa shape index (κ1) is 5.27. The Morgan fingerprint density at radius 3 is 2.56 bits per heavy atom. The molecular formula is C7H13NO. The molecular weight excluding hydrogens is 114 g/mol. The van der Waals surface area contributed by atoms with Gasteiger partial charge in [-0.1, -0.05) is 25.9 Å². The van der Waals surface area contributed by atoms with Crippen molar-refractivity contribution in [2.45, 2.75) is 27.2 Å². The lowest BCUT2D eigenvalue weighted by molar-refractivity contribution is 0.173. The lowest BCUT2D eigenvalue weighted by Crippen LogP contribution is -2.17. The fraction of sp³-hybridized carbons (Fsp3) is 0.857. The zero-order valence-electron chi connectivity index (χ0n) is 7.14. The van der Waals surface area contributed by atoms with E-state index in [0.29, 0.717) is 6.42 Å². The first-order valence-corrected chi connectivity index (χ1v) is 3.15. The first-order valence-electron chi connectivity index (χ1n) is 3.73. The van der Waals surface area contributed by atoms with E-state index in [2.05, 4.69) is 25.9 Å². The van der Waals surface area contributed by atoms with Crippen molar-refractivity contribution in [3.63, 3.8) is 0 Å². The van der Waals surface area contributed by atoms with Crippen LogP contribution in [0.15, 0.2) is 5.16 Å². The molecule has 0 radical (unpaired) electrons. The first-order chi connectivity index (χ1) is 4.50. The van der Waals surface area contributed by atoms with Gasteiger partial charge in [0.05, 0.1) is 7.08 Å². The van der Waals surface area contributed by atoms with Gasteiger partial charge in [0.15, 0.2) is 0 Å². The van der Waals surface area contributed by atoms with Gasteiger partial charge < -0.3 is 4.84 Å². The summed E-state index contributed by atoms with van der Waals surface area (Å²) in [5, 5.41) is 3.82. The lowest BCUT2D eigenvalue weighted by Gasteiger charge is -2.15. The molecule has 0 bridgehead atoms. The number of hydrogen-bond acceptors (Lipinski definition) is 2. The predicted molar refractivity (Wildman–Crippen MR) is 37.5 cm³/mol. The van der Waals surface area contributed by atoms with Crippen molar-refractivity contribution in [2.24, 2.45) is 10.6 Å². The minimum Gasteiger partial charge on any atom is -0.395 e. The molecule has 52 valence electrons. The molecule has 0 amide bonds. The molecule has 1 rings (SSSR count). The van der Waals surface area contributed by atoms with E-state index in [9.17, 15) is 0 Å². The van der Waals surface area contributed by atoms with Crippen LogP contribution in [0.4, 0.5) is 0 Å². The number of rotatable bonds is 0. The third-order valence-corrected chi connectivity index (χ3v) is 1.38. The molecule has 1 atom stereocenters. The van der Waals surface area contributed by atoms with E-state index in [1.807, 2.05) is 0 Å². The maximum Gasteiger partial charge on any atom is 0.122 e. The summed E-state index contributed by atoms with van der Waals surface area (Å²) in [6, 6.07) is 0. The highest BCUT2D eigenvalue weighted by Crippen LogP contribution is 2.21. The highest BCUT2D eigenvalue weighted by Gasteiger charge is 2.22. The van der Waals surface area contributed by atoms with Gasteiger partial charge in [-0.05, 0) is 0 Å². The molecule has 0 N–H and O–H groups in total. The van der Waals surface area contributed by atoms with Crippen LogP contribution in [0.1, 0.15) is 28.6 Å². The highest BCUT2D eigenvalue weighted by molar-refractivity contribution is 5.89. The van der Waals surface area contributed by atoms with Crippen molar-refractivity contribution < 1.29 is 6.21 Å². The van der Waals surface area contributed by atoms with Crippen LogP contribution in [0.3, 0.4) is 0 Å². The molecule has 2 nitrogen and oxygen atoms in total. The third-order valence-electron chi connectivity index (χ3n) is 1.38. The second-order valence-electron chi connectivity index (χ2n) is 3.26. The summed E-state index contributed by atoms with van der Waals surface area (Å²) >= 11 is 0. The van der Waals surface area contributed by atoms with Gasteiger partial charge in [-0.15, -0.1) is 0 Å². The average Bonchev–Trinajstić information content (AvgIpc) is 2.11. The Morgan fingerprint density at radius 1 is 1.67 bits per heavy atom. The molecule has 0 aromatic carbocycles. The monoisotopic (exact) mass is 128 g/mol. The van der Waals surface area contributed by atoms with E-state index < -0.39 is 6.58 Å². The summed E-state index contributed by atoms with van der Waals surface area (Å²) in [6.07, 6.45) is 0.656. The molecule has 1 heterocycles. The van der Waals surface area contributed by atoms with E-state index in [0.717, 1.165) is 5.71 Å². The molecule has 9 heavy (non-hydrogen) atoms. The molecule has 1 aliphatic rings. The smallest absolute Gasteiger partial charge is 0.122 e. The third kappa shape index (κ3) is 1.44. The van der Waals surface area contributed by atoms with Gasteiger partial charge in [0.2, 0.25) is 0 Å². The van der Waals surface area contributed by atoms with Crippen molar-refractivity contribution in [3.05, 3.63) is 0 Å². The van der Waals surface area contributed by atoms with Crippen LogP contribution in [0.25, 0.3) is 0 Å². The Balaban J connectivity index is 2.60. The molecule has 0 aromatic heterocycles. The fourth-order valence-corrected chi connectivity index (χ4v) is 0.697. The number of nitrogens with zero attached hydrogens (tertiary/aromatic N) is 1. The minimum atomic E-state index is -0.464. The SMILES string of the molecule is [2H][C@@H]1CC(C(C)(C)C)=NO1. The van der Waals surface area contributed by atoms with E-state index in [-0.39, 0.29) is 5.41 Å². The van der Waals surface area contributed by atoms with E-state index in [4.69, 9.17) is 6.21 Å².